The highest BCUT2D eigenvalue weighted by Gasteiger charge is 2.35. The lowest BCUT2D eigenvalue weighted by Gasteiger charge is -2.33. The van der Waals surface area contributed by atoms with Crippen molar-refractivity contribution in [1.29, 1.82) is 0 Å². The Morgan fingerprint density at radius 2 is 2.17 bits per heavy atom. The van der Waals surface area contributed by atoms with E-state index < -0.39 is 34.2 Å². The summed E-state index contributed by atoms with van der Waals surface area (Å²) in [6.45, 7) is 2.53. The number of anilines is 1. The van der Waals surface area contributed by atoms with Gasteiger partial charge in [0, 0.05) is 19.2 Å². The Kier molecular flexibility index (Phi) is 5.30. The van der Waals surface area contributed by atoms with Gasteiger partial charge in [0.05, 0.1) is 23.0 Å². The number of carbonyl (C=O) groups excluding carboxylic acids is 1. The van der Waals surface area contributed by atoms with E-state index in [0.29, 0.717) is 25.5 Å². The second-order valence-corrected chi connectivity index (χ2v) is 5.50. The molecule has 6 nitrogen and oxygen atoms in total. The van der Waals surface area contributed by atoms with Crippen LogP contribution in [0.1, 0.15) is 25.3 Å². The van der Waals surface area contributed by atoms with Gasteiger partial charge in [0.15, 0.2) is 0 Å². The van der Waals surface area contributed by atoms with Crippen LogP contribution in [0.3, 0.4) is 0 Å². The van der Waals surface area contributed by atoms with Gasteiger partial charge in [-0.3, -0.25) is 14.9 Å². The first-order valence-electron chi connectivity index (χ1n) is 7.51. The molecule has 1 saturated heterocycles. The van der Waals surface area contributed by atoms with Crippen molar-refractivity contribution < 1.29 is 27.6 Å². The van der Waals surface area contributed by atoms with Crippen LogP contribution in [0.5, 0.6) is 0 Å². The van der Waals surface area contributed by atoms with Crippen LogP contribution < -0.4 is 4.90 Å². The Hall–Kier alpha value is -2.32. The SMILES string of the molecule is CCOC(=O)[C@@H]1CCCN(c2ccc(C(F)(F)F)cc2[N+](=O)[O-])C1. The summed E-state index contributed by atoms with van der Waals surface area (Å²) in [6, 6.07) is 2.44. The van der Waals surface area contributed by atoms with E-state index >= 15 is 0 Å². The number of halogens is 3. The lowest BCUT2D eigenvalue weighted by Crippen LogP contribution is -2.39. The van der Waals surface area contributed by atoms with E-state index in [0.717, 1.165) is 12.1 Å². The van der Waals surface area contributed by atoms with Crippen LogP contribution in [0, 0.1) is 16.0 Å². The normalized spacial score (nSPS) is 18.3. The highest BCUT2D eigenvalue weighted by atomic mass is 19.4. The zero-order valence-corrected chi connectivity index (χ0v) is 13.0. The van der Waals surface area contributed by atoms with Crippen molar-refractivity contribution in [2.45, 2.75) is 25.9 Å². The van der Waals surface area contributed by atoms with Gasteiger partial charge >= 0.3 is 12.1 Å². The molecule has 9 heteroatoms. The summed E-state index contributed by atoms with van der Waals surface area (Å²) in [7, 11) is 0. The van der Waals surface area contributed by atoms with Gasteiger partial charge in [0.1, 0.15) is 5.69 Å². The van der Waals surface area contributed by atoms with Crippen LogP contribution in [0.2, 0.25) is 0 Å². The summed E-state index contributed by atoms with van der Waals surface area (Å²) < 4.78 is 43.2. The predicted molar refractivity (Wildman–Crippen MR) is 79.7 cm³/mol. The minimum absolute atomic E-state index is 0.0852. The van der Waals surface area contributed by atoms with Crippen LogP contribution in [-0.2, 0) is 15.7 Å². The molecule has 1 fully saturated rings. The first-order chi connectivity index (χ1) is 11.2. The third-order valence-electron chi connectivity index (χ3n) is 3.88. The molecule has 132 valence electrons. The topological polar surface area (TPSA) is 72.7 Å². The largest absolute Gasteiger partial charge is 0.466 e. The third-order valence-corrected chi connectivity index (χ3v) is 3.88. The Balaban J connectivity index is 2.30. The minimum Gasteiger partial charge on any atom is -0.466 e. The highest BCUT2D eigenvalue weighted by Crippen LogP contribution is 2.37. The fourth-order valence-corrected chi connectivity index (χ4v) is 2.76. The van der Waals surface area contributed by atoms with Gasteiger partial charge in [-0.2, -0.15) is 13.2 Å². The Morgan fingerprint density at radius 1 is 1.46 bits per heavy atom. The number of benzene rings is 1. The molecule has 0 aliphatic carbocycles. The molecule has 0 saturated carbocycles. The third kappa shape index (κ3) is 3.95. The summed E-state index contributed by atoms with van der Waals surface area (Å²) in [5.74, 6) is -0.836. The summed E-state index contributed by atoms with van der Waals surface area (Å²) in [5.41, 5.74) is -1.60. The van der Waals surface area contributed by atoms with Crippen molar-refractivity contribution in [3.63, 3.8) is 0 Å². The number of nitro benzene ring substituents is 1. The van der Waals surface area contributed by atoms with Crippen molar-refractivity contribution >= 4 is 17.3 Å². The molecule has 1 heterocycles. The van der Waals surface area contributed by atoms with Crippen LogP contribution in [0.15, 0.2) is 18.2 Å². The number of piperidine rings is 1. The molecule has 2 rings (SSSR count). The number of nitro groups is 1. The molecule has 0 N–H and O–H groups in total. The molecule has 0 unspecified atom stereocenters. The van der Waals surface area contributed by atoms with E-state index in [1.807, 2.05) is 0 Å². The van der Waals surface area contributed by atoms with Crippen molar-refractivity contribution in [1.82, 2.24) is 0 Å². The molecule has 24 heavy (non-hydrogen) atoms. The van der Waals surface area contributed by atoms with Crippen LogP contribution in [-0.4, -0.2) is 30.6 Å². The summed E-state index contributed by atoms with van der Waals surface area (Å²) in [4.78, 5) is 23.8. The molecular formula is C15H17F3N2O4. The van der Waals surface area contributed by atoms with E-state index in [4.69, 9.17) is 4.74 Å². The number of nitrogens with zero attached hydrogens (tertiary/aromatic N) is 2. The van der Waals surface area contributed by atoms with Crippen LogP contribution in [0.25, 0.3) is 0 Å². The van der Waals surface area contributed by atoms with Crippen molar-refractivity contribution in [3.05, 3.63) is 33.9 Å². The van der Waals surface area contributed by atoms with Gasteiger partial charge in [-0.1, -0.05) is 0 Å². The fraction of sp³-hybridized carbons (Fsp3) is 0.533. The molecular weight excluding hydrogens is 329 g/mol. The number of ether oxygens (including phenoxy) is 1. The molecule has 0 amide bonds. The number of hydrogen-bond acceptors (Lipinski definition) is 5. The van der Waals surface area contributed by atoms with E-state index in [9.17, 15) is 28.1 Å². The first kappa shape index (κ1) is 18.0. The Bertz CT molecular complexity index is 634. The average molecular weight is 346 g/mol. The average Bonchev–Trinajstić information content (AvgIpc) is 2.53. The zero-order valence-electron chi connectivity index (χ0n) is 13.0. The molecule has 1 aliphatic rings. The van der Waals surface area contributed by atoms with Gasteiger partial charge in [0.25, 0.3) is 5.69 Å². The number of hydrogen-bond donors (Lipinski definition) is 0. The fourth-order valence-electron chi connectivity index (χ4n) is 2.76. The first-order valence-corrected chi connectivity index (χ1v) is 7.51. The van der Waals surface area contributed by atoms with E-state index in [2.05, 4.69) is 0 Å². The molecule has 0 bridgehead atoms. The minimum atomic E-state index is -4.65. The Labute approximate surface area is 136 Å². The van der Waals surface area contributed by atoms with Gasteiger partial charge in [-0.15, -0.1) is 0 Å². The second-order valence-electron chi connectivity index (χ2n) is 5.50. The van der Waals surface area contributed by atoms with Gasteiger partial charge < -0.3 is 9.64 Å². The monoisotopic (exact) mass is 346 g/mol. The molecule has 1 atom stereocenters. The van der Waals surface area contributed by atoms with Crippen molar-refractivity contribution in [3.8, 4) is 0 Å². The summed E-state index contributed by atoms with van der Waals surface area (Å²) in [5, 5.41) is 11.2. The molecule has 1 aliphatic heterocycles. The summed E-state index contributed by atoms with van der Waals surface area (Å²) >= 11 is 0. The zero-order chi connectivity index (χ0) is 17.9. The van der Waals surface area contributed by atoms with E-state index in [1.54, 1.807) is 11.8 Å². The second kappa shape index (κ2) is 7.06. The molecule has 1 aromatic rings. The van der Waals surface area contributed by atoms with E-state index in [-0.39, 0.29) is 18.8 Å². The number of esters is 1. The van der Waals surface area contributed by atoms with Gasteiger partial charge in [-0.05, 0) is 31.9 Å². The molecule has 0 aromatic heterocycles. The maximum absolute atomic E-state index is 12.8. The van der Waals surface area contributed by atoms with Crippen LogP contribution in [0.4, 0.5) is 24.5 Å². The summed E-state index contributed by atoms with van der Waals surface area (Å²) in [6.07, 6.45) is -3.47. The Morgan fingerprint density at radius 3 is 2.75 bits per heavy atom. The number of carbonyl (C=O) groups is 1. The number of alkyl halides is 3. The smallest absolute Gasteiger partial charge is 0.416 e. The van der Waals surface area contributed by atoms with E-state index in [1.165, 1.54) is 0 Å². The quantitative estimate of drug-likeness (QED) is 0.475. The molecule has 0 spiro atoms. The van der Waals surface area contributed by atoms with Crippen molar-refractivity contribution in [2.24, 2.45) is 5.92 Å². The maximum atomic E-state index is 12.8. The predicted octanol–water partition coefficient (Wildman–Crippen LogP) is 3.39. The lowest BCUT2D eigenvalue weighted by molar-refractivity contribution is -0.384. The molecule has 0 radical (unpaired) electrons. The van der Waals surface area contributed by atoms with Gasteiger partial charge in [0.2, 0.25) is 0 Å². The van der Waals surface area contributed by atoms with Crippen LogP contribution >= 0.6 is 0 Å². The maximum Gasteiger partial charge on any atom is 0.416 e. The van der Waals surface area contributed by atoms with Gasteiger partial charge in [-0.25, -0.2) is 0 Å². The number of rotatable bonds is 4. The highest BCUT2D eigenvalue weighted by molar-refractivity contribution is 5.74. The standard InChI is InChI=1S/C15H17F3N2O4/c1-2-24-14(21)10-4-3-7-19(9-10)12-6-5-11(15(16,17)18)8-13(12)20(22)23/h5-6,8,10H,2-4,7,9H2,1H3/t10-/m1/s1. The lowest BCUT2D eigenvalue weighted by atomic mass is 9.97. The molecule has 1 aromatic carbocycles. The van der Waals surface area contributed by atoms with Crippen molar-refractivity contribution in [2.75, 3.05) is 24.6 Å².